The van der Waals surface area contributed by atoms with Crippen LogP contribution in [0.1, 0.15) is 25.3 Å². The summed E-state index contributed by atoms with van der Waals surface area (Å²) in [5.41, 5.74) is 7.44. The SMILES string of the molecule is CCN1CCCC1CN(C)C(=O)Nc1cccc(CN)c1. The van der Waals surface area contributed by atoms with E-state index in [-0.39, 0.29) is 6.03 Å². The molecular formula is C16H26N4O. The van der Waals surface area contributed by atoms with Gasteiger partial charge in [0.05, 0.1) is 0 Å². The minimum absolute atomic E-state index is 0.0628. The smallest absolute Gasteiger partial charge is 0.321 e. The first-order valence-electron chi connectivity index (χ1n) is 7.69. The molecule has 1 fully saturated rings. The molecule has 0 bridgehead atoms. The van der Waals surface area contributed by atoms with Gasteiger partial charge in [-0.3, -0.25) is 4.90 Å². The van der Waals surface area contributed by atoms with E-state index in [0.29, 0.717) is 12.6 Å². The van der Waals surface area contributed by atoms with Crippen LogP contribution in [0.25, 0.3) is 0 Å². The fourth-order valence-corrected chi connectivity index (χ4v) is 2.91. The van der Waals surface area contributed by atoms with E-state index in [0.717, 1.165) is 30.9 Å². The molecule has 0 aliphatic carbocycles. The van der Waals surface area contributed by atoms with Crippen LogP contribution in [0.5, 0.6) is 0 Å². The number of likely N-dealkylation sites (N-methyl/N-ethyl adjacent to an activating group) is 2. The molecule has 116 valence electrons. The second kappa shape index (κ2) is 7.43. The minimum atomic E-state index is -0.0628. The van der Waals surface area contributed by atoms with Crippen molar-refractivity contribution < 1.29 is 4.79 Å². The average Bonchev–Trinajstić information content (AvgIpc) is 2.94. The van der Waals surface area contributed by atoms with Crippen LogP contribution in [0, 0.1) is 0 Å². The number of amides is 2. The Bertz CT molecular complexity index is 477. The van der Waals surface area contributed by atoms with Gasteiger partial charge in [0.15, 0.2) is 0 Å². The third-order valence-corrected chi connectivity index (χ3v) is 4.15. The van der Waals surface area contributed by atoms with Crippen molar-refractivity contribution >= 4 is 11.7 Å². The van der Waals surface area contributed by atoms with Crippen LogP contribution in [-0.4, -0.2) is 48.6 Å². The Morgan fingerprint density at radius 3 is 3.05 bits per heavy atom. The number of hydrogen-bond donors (Lipinski definition) is 2. The topological polar surface area (TPSA) is 61.6 Å². The number of nitrogens with one attached hydrogen (secondary N) is 1. The molecule has 5 nitrogen and oxygen atoms in total. The number of carbonyl (C=O) groups is 1. The molecule has 1 aromatic carbocycles. The quantitative estimate of drug-likeness (QED) is 0.873. The molecule has 0 saturated carbocycles. The summed E-state index contributed by atoms with van der Waals surface area (Å²) < 4.78 is 0. The summed E-state index contributed by atoms with van der Waals surface area (Å²) in [6.07, 6.45) is 2.40. The van der Waals surface area contributed by atoms with Crippen LogP contribution >= 0.6 is 0 Å². The molecule has 1 aliphatic heterocycles. The Balaban J connectivity index is 1.90. The van der Waals surface area contributed by atoms with Crippen LogP contribution in [0.3, 0.4) is 0 Å². The van der Waals surface area contributed by atoms with E-state index < -0.39 is 0 Å². The Morgan fingerprint density at radius 1 is 1.52 bits per heavy atom. The zero-order valence-corrected chi connectivity index (χ0v) is 13.0. The monoisotopic (exact) mass is 290 g/mol. The molecule has 1 atom stereocenters. The Labute approximate surface area is 127 Å². The largest absolute Gasteiger partial charge is 0.326 e. The lowest BCUT2D eigenvalue weighted by atomic mass is 10.2. The molecule has 5 heteroatoms. The molecular weight excluding hydrogens is 264 g/mol. The zero-order chi connectivity index (χ0) is 15.2. The number of benzene rings is 1. The van der Waals surface area contributed by atoms with Crippen molar-refractivity contribution in [3.8, 4) is 0 Å². The number of hydrogen-bond acceptors (Lipinski definition) is 3. The highest BCUT2D eigenvalue weighted by Gasteiger charge is 2.25. The lowest BCUT2D eigenvalue weighted by Crippen LogP contribution is -2.42. The molecule has 3 N–H and O–H groups in total. The van der Waals surface area contributed by atoms with Gasteiger partial charge < -0.3 is 16.0 Å². The van der Waals surface area contributed by atoms with Crippen molar-refractivity contribution in [1.82, 2.24) is 9.80 Å². The summed E-state index contributed by atoms with van der Waals surface area (Å²) in [5.74, 6) is 0. The maximum atomic E-state index is 12.3. The third kappa shape index (κ3) is 4.19. The number of nitrogens with two attached hydrogens (primary N) is 1. The lowest BCUT2D eigenvalue weighted by Gasteiger charge is -2.27. The van der Waals surface area contributed by atoms with Crippen molar-refractivity contribution in [1.29, 1.82) is 0 Å². The molecule has 0 aromatic heterocycles. The molecule has 0 spiro atoms. The fourth-order valence-electron chi connectivity index (χ4n) is 2.91. The molecule has 1 unspecified atom stereocenters. The molecule has 1 heterocycles. The second-order valence-electron chi connectivity index (χ2n) is 5.64. The van der Waals surface area contributed by atoms with Crippen LogP contribution in [-0.2, 0) is 6.54 Å². The van der Waals surface area contributed by atoms with E-state index >= 15 is 0 Å². The van der Waals surface area contributed by atoms with Crippen LogP contribution < -0.4 is 11.1 Å². The van der Waals surface area contributed by atoms with Gasteiger partial charge in [0.1, 0.15) is 0 Å². The van der Waals surface area contributed by atoms with Gasteiger partial charge in [0.25, 0.3) is 0 Å². The van der Waals surface area contributed by atoms with Crippen molar-refractivity contribution in [3.05, 3.63) is 29.8 Å². The minimum Gasteiger partial charge on any atom is -0.326 e. The van der Waals surface area contributed by atoms with E-state index in [2.05, 4.69) is 17.1 Å². The Kier molecular flexibility index (Phi) is 5.59. The molecule has 0 radical (unpaired) electrons. The summed E-state index contributed by atoms with van der Waals surface area (Å²) in [6, 6.07) is 8.09. The van der Waals surface area contributed by atoms with E-state index in [1.807, 2.05) is 31.3 Å². The van der Waals surface area contributed by atoms with E-state index in [9.17, 15) is 4.79 Å². The molecule has 21 heavy (non-hydrogen) atoms. The zero-order valence-electron chi connectivity index (χ0n) is 13.0. The second-order valence-corrected chi connectivity index (χ2v) is 5.64. The van der Waals surface area contributed by atoms with Gasteiger partial charge in [-0.15, -0.1) is 0 Å². The van der Waals surface area contributed by atoms with E-state index in [1.165, 1.54) is 12.8 Å². The highest BCUT2D eigenvalue weighted by molar-refractivity contribution is 5.89. The molecule has 2 rings (SSSR count). The Hall–Kier alpha value is -1.59. The number of rotatable bonds is 5. The molecule has 1 aromatic rings. The van der Waals surface area contributed by atoms with Gasteiger partial charge >= 0.3 is 6.03 Å². The molecule has 2 amide bonds. The number of urea groups is 1. The predicted octanol–water partition coefficient (Wildman–Crippen LogP) is 2.09. The van der Waals surface area contributed by atoms with Crippen LogP contribution in [0.15, 0.2) is 24.3 Å². The summed E-state index contributed by atoms with van der Waals surface area (Å²) in [5, 5.41) is 2.94. The first-order valence-corrected chi connectivity index (χ1v) is 7.69. The highest BCUT2D eigenvalue weighted by Crippen LogP contribution is 2.18. The van der Waals surface area contributed by atoms with Gasteiger partial charge in [-0.05, 0) is 43.6 Å². The van der Waals surface area contributed by atoms with Gasteiger partial charge in [-0.2, -0.15) is 0 Å². The first-order chi connectivity index (χ1) is 10.1. The number of carbonyl (C=O) groups excluding carboxylic acids is 1. The highest BCUT2D eigenvalue weighted by atomic mass is 16.2. The van der Waals surface area contributed by atoms with Gasteiger partial charge in [-0.1, -0.05) is 19.1 Å². The average molecular weight is 290 g/mol. The summed E-state index contributed by atoms with van der Waals surface area (Å²) in [7, 11) is 1.86. The summed E-state index contributed by atoms with van der Waals surface area (Å²) in [4.78, 5) is 16.5. The van der Waals surface area contributed by atoms with Crippen molar-refractivity contribution in [2.75, 3.05) is 32.0 Å². The maximum absolute atomic E-state index is 12.3. The van der Waals surface area contributed by atoms with Crippen LogP contribution in [0.2, 0.25) is 0 Å². The standard InChI is InChI=1S/C16H26N4O/c1-3-20-9-5-8-15(20)12-19(2)16(21)18-14-7-4-6-13(10-14)11-17/h4,6-7,10,15H,3,5,8-9,11-12,17H2,1-2H3,(H,18,21). The predicted molar refractivity (Wildman–Crippen MR) is 86.3 cm³/mol. The molecule has 1 saturated heterocycles. The van der Waals surface area contributed by atoms with E-state index in [4.69, 9.17) is 5.73 Å². The van der Waals surface area contributed by atoms with Crippen molar-refractivity contribution in [3.63, 3.8) is 0 Å². The summed E-state index contributed by atoms with van der Waals surface area (Å²) >= 11 is 0. The van der Waals surface area contributed by atoms with Crippen molar-refractivity contribution in [2.24, 2.45) is 5.73 Å². The van der Waals surface area contributed by atoms with Gasteiger partial charge in [-0.25, -0.2) is 4.79 Å². The van der Waals surface area contributed by atoms with E-state index in [1.54, 1.807) is 4.90 Å². The first kappa shape index (κ1) is 15.8. The number of nitrogens with zero attached hydrogens (tertiary/aromatic N) is 2. The Morgan fingerprint density at radius 2 is 2.33 bits per heavy atom. The fraction of sp³-hybridized carbons (Fsp3) is 0.562. The molecule has 1 aliphatic rings. The van der Waals surface area contributed by atoms with Gasteiger partial charge in [0, 0.05) is 31.9 Å². The normalized spacial score (nSPS) is 18.7. The van der Waals surface area contributed by atoms with Gasteiger partial charge in [0.2, 0.25) is 0 Å². The van der Waals surface area contributed by atoms with Crippen molar-refractivity contribution in [2.45, 2.75) is 32.4 Å². The summed E-state index contributed by atoms with van der Waals surface area (Å²) in [6.45, 7) is 5.63. The number of anilines is 1. The van der Waals surface area contributed by atoms with Crippen LogP contribution in [0.4, 0.5) is 10.5 Å². The number of likely N-dealkylation sites (tertiary alicyclic amines) is 1. The lowest BCUT2D eigenvalue weighted by molar-refractivity contribution is 0.191. The maximum Gasteiger partial charge on any atom is 0.321 e. The third-order valence-electron chi connectivity index (χ3n) is 4.15.